The SMILES string of the molecule is Cc1cc(Oc2ccc([N+](=O)[O-])cc2C(=O)O)ccc1Cl. The maximum Gasteiger partial charge on any atom is 0.339 e. The molecule has 1 N–H and O–H groups in total. The third kappa shape index (κ3) is 3.29. The van der Waals surface area contributed by atoms with E-state index in [1.54, 1.807) is 25.1 Å². The van der Waals surface area contributed by atoms with Crippen molar-refractivity contribution in [3.63, 3.8) is 0 Å². The Morgan fingerprint density at radius 3 is 2.57 bits per heavy atom. The smallest absolute Gasteiger partial charge is 0.339 e. The van der Waals surface area contributed by atoms with E-state index >= 15 is 0 Å². The summed E-state index contributed by atoms with van der Waals surface area (Å²) in [5.74, 6) is -0.887. The van der Waals surface area contributed by atoms with Crippen molar-refractivity contribution >= 4 is 23.3 Å². The van der Waals surface area contributed by atoms with Gasteiger partial charge in [0.25, 0.3) is 5.69 Å². The number of nitro benzene ring substituents is 1. The highest BCUT2D eigenvalue weighted by molar-refractivity contribution is 6.31. The molecule has 2 aromatic carbocycles. The fourth-order valence-electron chi connectivity index (χ4n) is 1.70. The van der Waals surface area contributed by atoms with Crippen LogP contribution in [0, 0.1) is 17.0 Å². The number of rotatable bonds is 4. The van der Waals surface area contributed by atoms with Crippen molar-refractivity contribution in [2.45, 2.75) is 6.92 Å². The van der Waals surface area contributed by atoms with Gasteiger partial charge in [-0.1, -0.05) is 11.6 Å². The highest BCUT2D eigenvalue weighted by Crippen LogP contribution is 2.30. The minimum atomic E-state index is -1.31. The molecule has 0 atom stereocenters. The molecule has 0 aliphatic rings. The Morgan fingerprint density at radius 1 is 1.29 bits per heavy atom. The van der Waals surface area contributed by atoms with Crippen molar-refractivity contribution in [1.82, 2.24) is 0 Å². The number of nitrogens with zero attached hydrogens (tertiary/aromatic N) is 1. The molecule has 0 saturated heterocycles. The Hall–Kier alpha value is -2.60. The van der Waals surface area contributed by atoms with Crippen LogP contribution >= 0.6 is 11.6 Å². The second-order valence-corrected chi connectivity index (χ2v) is 4.66. The topological polar surface area (TPSA) is 89.7 Å². The summed E-state index contributed by atoms with van der Waals surface area (Å²) in [5.41, 5.74) is 0.178. The zero-order valence-electron chi connectivity index (χ0n) is 10.9. The summed E-state index contributed by atoms with van der Waals surface area (Å²) in [6.07, 6.45) is 0. The van der Waals surface area contributed by atoms with Gasteiger partial charge in [-0.05, 0) is 36.8 Å². The number of ether oxygens (including phenoxy) is 1. The molecule has 0 saturated carbocycles. The Labute approximate surface area is 124 Å². The summed E-state index contributed by atoms with van der Waals surface area (Å²) in [6, 6.07) is 8.26. The number of aryl methyl sites for hydroxylation is 1. The maximum atomic E-state index is 11.2. The molecular weight excluding hydrogens is 298 g/mol. The number of carboxylic acids is 1. The van der Waals surface area contributed by atoms with Gasteiger partial charge >= 0.3 is 5.97 Å². The van der Waals surface area contributed by atoms with Gasteiger partial charge in [0, 0.05) is 17.2 Å². The molecule has 0 aliphatic heterocycles. The lowest BCUT2D eigenvalue weighted by Crippen LogP contribution is -2.01. The van der Waals surface area contributed by atoms with Crippen molar-refractivity contribution in [2.24, 2.45) is 0 Å². The lowest BCUT2D eigenvalue weighted by Gasteiger charge is -2.09. The molecule has 21 heavy (non-hydrogen) atoms. The lowest BCUT2D eigenvalue weighted by molar-refractivity contribution is -0.384. The molecule has 0 aliphatic carbocycles. The first-order valence-corrected chi connectivity index (χ1v) is 6.22. The summed E-state index contributed by atoms with van der Waals surface area (Å²) in [7, 11) is 0. The molecule has 0 heterocycles. The van der Waals surface area contributed by atoms with E-state index in [1.807, 2.05) is 0 Å². The van der Waals surface area contributed by atoms with Crippen LogP contribution in [0.2, 0.25) is 5.02 Å². The van der Waals surface area contributed by atoms with Crippen molar-refractivity contribution in [2.75, 3.05) is 0 Å². The average Bonchev–Trinajstić information content (AvgIpc) is 2.43. The molecule has 0 bridgehead atoms. The molecule has 6 nitrogen and oxygen atoms in total. The Kier molecular flexibility index (Phi) is 4.09. The molecule has 2 aromatic rings. The van der Waals surface area contributed by atoms with Gasteiger partial charge in [-0.15, -0.1) is 0 Å². The lowest BCUT2D eigenvalue weighted by atomic mass is 10.1. The summed E-state index contributed by atoms with van der Waals surface area (Å²) < 4.78 is 5.48. The van der Waals surface area contributed by atoms with Gasteiger partial charge in [0.05, 0.1) is 4.92 Å². The van der Waals surface area contributed by atoms with E-state index in [0.29, 0.717) is 10.8 Å². The molecule has 0 spiro atoms. The number of nitro groups is 1. The predicted molar refractivity (Wildman–Crippen MR) is 76.3 cm³/mol. The van der Waals surface area contributed by atoms with E-state index in [0.717, 1.165) is 11.6 Å². The highest BCUT2D eigenvalue weighted by Gasteiger charge is 2.17. The standard InChI is InChI=1S/C14H10ClNO5/c1-8-6-10(3-4-12(8)15)21-13-5-2-9(16(19)20)7-11(13)14(17)18/h2-7H,1H3,(H,17,18). The molecule has 0 fully saturated rings. The summed E-state index contributed by atoms with van der Waals surface area (Å²) >= 11 is 5.90. The number of halogens is 1. The van der Waals surface area contributed by atoms with Crippen molar-refractivity contribution in [3.05, 3.63) is 62.7 Å². The van der Waals surface area contributed by atoms with Gasteiger partial charge in [-0.2, -0.15) is 0 Å². The molecule has 0 amide bonds. The third-order valence-electron chi connectivity index (χ3n) is 2.76. The quantitative estimate of drug-likeness (QED) is 0.680. The second-order valence-electron chi connectivity index (χ2n) is 4.26. The van der Waals surface area contributed by atoms with E-state index in [2.05, 4.69) is 0 Å². The normalized spacial score (nSPS) is 10.2. The van der Waals surface area contributed by atoms with Crippen LogP contribution in [0.15, 0.2) is 36.4 Å². The fourth-order valence-corrected chi connectivity index (χ4v) is 1.81. The van der Waals surface area contributed by atoms with Crippen LogP contribution in [0.4, 0.5) is 5.69 Å². The first kappa shape index (κ1) is 14.8. The number of benzene rings is 2. The molecule has 2 rings (SSSR count). The maximum absolute atomic E-state index is 11.2. The van der Waals surface area contributed by atoms with Crippen molar-refractivity contribution < 1.29 is 19.6 Å². The van der Waals surface area contributed by atoms with Crippen LogP contribution in [-0.2, 0) is 0 Å². The zero-order valence-corrected chi connectivity index (χ0v) is 11.6. The van der Waals surface area contributed by atoms with Crippen molar-refractivity contribution in [3.8, 4) is 11.5 Å². The molecule has 0 radical (unpaired) electrons. The monoisotopic (exact) mass is 307 g/mol. The molecular formula is C14H10ClNO5. The average molecular weight is 308 g/mol. The number of hydrogen-bond donors (Lipinski definition) is 1. The predicted octanol–water partition coefficient (Wildman–Crippen LogP) is 4.05. The van der Waals surface area contributed by atoms with E-state index in [9.17, 15) is 14.9 Å². The molecule has 7 heteroatoms. The van der Waals surface area contributed by atoms with Crippen molar-refractivity contribution in [1.29, 1.82) is 0 Å². The first-order valence-electron chi connectivity index (χ1n) is 5.84. The van der Waals surface area contributed by atoms with Crippen LogP contribution in [0.3, 0.4) is 0 Å². The minimum absolute atomic E-state index is 0.0230. The largest absolute Gasteiger partial charge is 0.478 e. The van der Waals surface area contributed by atoms with Gasteiger partial charge in [0.2, 0.25) is 0 Å². The van der Waals surface area contributed by atoms with Crippen LogP contribution in [-0.4, -0.2) is 16.0 Å². The van der Waals surface area contributed by atoms with E-state index in [4.69, 9.17) is 21.4 Å². The summed E-state index contributed by atoms with van der Waals surface area (Å²) in [4.78, 5) is 21.2. The van der Waals surface area contributed by atoms with Crippen LogP contribution in [0.5, 0.6) is 11.5 Å². The number of aromatic carboxylic acids is 1. The van der Waals surface area contributed by atoms with Gasteiger partial charge in [0.1, 0.15) is 17.1 Å². The molecule has 108 valence electrons. The third-order valence-corrected chi connectivity index (χ3v) is 3.19. The van der Waals surface area contributed by atoms with Crippen LogP contribution < -0.4 is 4.74 Å². The zero-order chi connectivity index (χ0) is 15.6. The number of hydrogen-bond acceptors (Lipinski definition) is 4. The van der Waals surface area contributed by atoms with E-state index in [1.165, 1.54) is 12.1 Å². The van der Waals surface area contributed by atoms with Gasteiger partial charge < -0.3 is 9.84 Å². The summed E-state index contributed by atoms with van der Waals surface area (Å²) in [6.45, 7) is 1.78. The second kappa shape index (κ2) is 5.80. The number of non-ortho nitro benzene ring substituents is 1. The minimum Gasteiger partial charge on any atom is -0.478 e. The molecule has 0 aromatic heterocycles. The summed E-state index contributed by atoms with van der Waals surface area (Å²) in [5, 5.41) is 20.4. The highest BCUT2D eigenvalue weighted by atomic mass is 35.5. The Balaban J connectivity index is 2.41. The van der Waals surface area contributed by atoms with Crippen LogP contribution in [0.1, 0.15) is 15.9 Å². The number of carboxylic acid groups (broad SMARTS) is 1. The fraction of sp³-hybridized carbons (Fsp3) is 0.0714. The van der Waals surface area contributed by atoms with Gasteiger partial charge in [0.15, 0.2) is 0 Å². The Morgan fingerprint density at radius 2 is 2.00 bits per heavy atom. The first-order chi connectivity index (χ1) is 9.88. The Bertz CT molecular complexity index is 729. The van der Waals surface area contributed by atoms with E-state index < -0.39 is 10.9 Å². The van der Waals surface area contributed by atoms with Gasteiger partial charge in [-0.3, -0.25) is 10.1 Å². The molecule has 0 unspecified atom stereocenters. The van der Waals surface area contributed by atoms with Gasteiger partial charge in [-0.25, -0.2) is 4.79 Å². The van der Waals surface area contributed by atoms with Crippen LogP contribution in [0.25, 0.3) is 0 Å². The van der Waals surface area contributed by atoms with E-state index in [-0.39, 0.29) is 17.0 Å². The number of carbonyl (C=O) groups is 1.